The van der Waals surface area contributed by atoms with Crippen LogP contribution >= 0.6 is 0 Å². The predicted molar refractivity (Wildman–Crippen MR) is 113 cm³/mol. The molecule has 5 nitrogen and oxygen atoms in total. The monoisotopic (exact) mass is 381 g/mol. The highest BCUT2D eigenvalue weighted by Crippen LogP contribution is 2.16. The lowest BCUT2D eigenvalue weighted by atomic mass is 10.2. The van der Waals surface area contributed by atoms with Crippen molar-refractivity contribution in [2.75, 3.05) is 37.6 Å². The van der Waals surface area contributed by atoms with Crippen molar-refractivity contribution >= 4 is 11.6 Å². The highest BCUT2D eigenvalue weighted by molar-refractivity contribution is 5.80. The first kappa shape index (κ1) is 20.4. The number of piperazine rings is 1. The van der Waals surface area contributed by atoms with Crippen molar-refractivity contribution < 1.29 is 9.53 Å². The first-order chi connectivity index (χ1) is 13.6. The van der Waals surface area contributed by atoms with E-state index in [1.54, 1.807) is 0 Å². The van der Waals surface area contributed by atoms with Gasteiger partial charge in [-0.05, 0) is 31.5 Å². The summed E-state index contributed by atoms with van der Waals surface area (Å²) >= 11 is 0. The van der Waals surface area contributed by atoms with Crippen LogP contribution in [0.4, 0.5) is 5.69 Å². The van der Waals surface area contributed by atoms with Gasteiger partial charge in [0.05, 0.1) is 6.61 Å². The van der Waals surface area contributed by atoms with Crippen molar-refractivity contribution in [1.82, 2.24) is 10.2 Å². The third-order valence-corrected chi connectivity index (χ3v) is 5.34. The summed E-state index contributed by atoms with van der Waals surface area (Å²) in [7, 11) is 0. The molecule has 1 fully saturated rings. The molecule has 150 valence electrons. The van der Waals surface area contributed by atoms with E-state index in [4.69, 9.17) is 4.74 Å². The molecular weight excluding hydrogens is 350 g/mol. The largest absolute Gasteiger partial charge is 0.369 e. The van der Waals surface area contributed by atoms with Gasteiger partial charge in [-0.1, -0.05) is 48.5 Å². The minimum absolute atomic E-state index is 0.0503. The topological polar surface area (TPSA) is 44.8 Å². The number of para-hydroxylation sites is 1. The lowest BCUT2D eigenvalue weighted by Gasteiger charge is -2.39. The minimum atomic E-state index is -0.456. The van der Waals surface area contributed by atoms with Crippen LogP contribution in [0.25, 0.3) is 0 Å². The van der Waals surface area contributed by atoms with Crippen molar-refractivity contribution in [2.24, 2.45) is 0 Å². The molecule has 0 spiro atoms. The Morgan fingerprint density at radius 1 is 0.964 bits per heavy atom. The molecule has 0 radical (unpaired) electrons. The smallest absolute Gasteiger partial charge is 0.248 e. The lowest BCUT2D eigenvalue weighted by Crippen LogP contribution is -2.53. The Balaban J connectivity index is 1.36. The molecule has 5 heteroatoms. The summed E-state index contributed by atoms with van der Waals surface area (Å²) in [5.74, 6) is -0.0503. The fourth-order valence-electron chi connectivity index (χ4n) is 3.45. The van der Waals surface area contributed by atoms with Gasteiger partial charge >= 0.3 is 0 Å². The molecule has 1 aliphatic rings. The summed E-state index contributed by atoms with van der Waals surface area (Å²) in [4.78, 5) is 17.2. The fraction of sp³-hybridized carbons (Fsp3) is 0.435. The van der Waals surface area contributed by atoms with Crippen LogP contribution in [-0.2, 0) is 16.1 Å². The zero-order valence-electron chi connectivity index (χ0n) is 16.9. The van der Waals surface area contributed by atoms with Gasteiger partial charge in [0.25, 0.3) is 0 Å². The summed E-state index contributed by atoms with van der Waals surface area (Å²) in [6.45, 7) is 9.11. The second-order valence-electron chi connectivity index (χ2n) is 7.39. The zero-order valence-corrected chi connectivity index (χ0v) is 16.9. The number of anilines is 1. The second kappa shape index (κ2) is 10.2. The van der Waals surface area contributed by atoms with Crippen LogP contribution in [-0.4, -0.2) is 55.7 Å². The maximum Gasteiger partial charge on any atom is 0.248 e. The van der Waals surface area contributed by atoms with Gasteiger partial charge in [-0.25, -0.2) is 0 Å². The van der Waals surface area contributed by atoms with E-state index >= 15 is 0 Å². The van der Waals surface area contributed by atoms with E-state index < -0.39 is 6.10 Å². The number of nitrogens with zero attached hydrogens (tertiary/aromatic N) is 2. The number of carbonyl (C=O) groups is 1. The first-order valence-electron chi connectivity index (χ1n) is 10.1. The molecule has 1 amide bonds. The Kier molecular flexibility index (Phi) is 7.46. The second-order valence-corrected chi connectivity index (χ2v) is 7.39. The summed E-state index contributed by atoms with van der Waals surface area (Å²) in [6, 6.07) is 20.8. The lowest BCUT2D eigenvalue weighted by molar-refractivity contribution is -0.132. The van der Waals surface area contributed by atoms with E-state index in [2.05, 4.69) is 52.4 Å². The minimum Gasteiger partial charge on any atom is -0.369 e. The molecule has 2 aromatic rings. The molecule has 2 atom stereocenters. The normalized spacial score (nSPS) is 17.1. The number of hydrogen-bond acceptors (Lipinski definition) is 4. The Morgan fingerprint density at radius 2 is 1.57 bits per heavy atom. The van der Waals surface area contributed by atoms with E-state index in [1.807, 2.05) is 37.3 Å². The number of ether oxygens (including phenoxy) is 1. The van der Waals surface area contributed by atoms with Crippen LogP contribution in [0.15, 0.2) is 60.7 Å². The van der Waals surface area contributed by atoms with Gasteiger partial charge in [-0.2, -0.15) is 0 Å². The van der Waals surface area contributed by atoms with Gasteiger partial charge in [0.1, 0.15) is 6.10 Å². The molecule has 28 heavy (non-hydrogen) atoms. The molecule has 0 unspecified atom stereocenters. The maximum absolute atomic E-state index is 12.3. The van der Waals surface area contributed by atoms with Crippen molar-refractivity contribution in [1.29, 1.82) is 0 Å². The molecule has 2 aromatic carbocycles. The molecule has 0 saturated carbocycles. The molecule has 1 saturated heterocycles. The highest BCUT2D eigenvalue weighted by Gasteiger charge is 2.22. The Hall–Kier alpha value is -2.37. The van der Waals surface area contributed by atoms with Gasteiger partial charge in [-0.3, -0.25) is 9.69 Å². The number of carbonyl (C=O) groups excluding carboxylic acids is 1. The van der Waals surface area contributed by atoms with Crippen LogP contribution in [0, 0.1) is 0 Å². The first-order valence-corrected chi connectivity index (χ1v) is 10.1. The Labute approximate surface area is 168 Å². The molecule has 1 N–H and O–H groups in total. The number of amides is 1. The quantitative estimate of drug-likeness (QED) is 0.764. The summed E-state index contributed by atoms with van der Waals surface area (Å²) in [5, 5.41) is 3.04. The van der Waals surface area contributed by atoms with Crippen LogP contribution in [0.1, 0.15) is 19.4 Å². The third kappa shape index (κ3) is 5.81. The number of nitrogens with one attached hydrogen (secondary N) is 1. The predicted octanol–water partition coefficient (Wildman–Crippen LogP) is 2.92. The number of rotatable bonds is 8. The number of benzene rings is 2. The van der Waals surface area contributed by atoms with Crippen LogP contribution in [0.3, 0.4) is 0 Å². The molecular formula is C23H31N3O2. The highest BCUT2D eigenvalue weighted by atomic mass is 16.5. The third-order valence-electron chi connectivity index (χ3n) is 5.34. The fourth-order valence-corrected chi connectivity index (χ4v) is 3.45. The molecule has 3 rings (SSSR count). The van der Waals surface area contributed by atoms with Crippen LogP contribution < -0.4 is 10.2 Å². The Morgan fingerprint density at radius 3 is 2.21 bits per heavy atom. The van der Waals surface area contributed by atoms with Gasteiger partial charge in [-0.15, -0.1) is 0 Å². The van der Waals surface area contributed by atoms with Gasteiger partial charge in [0, 0.05) is 44.5 Å². The molecule has 0 aliphatic carbocycles. The van der Waals surface area contributed by atoms with Crippen molar-refractivity contribution in [2.45, 2.75) is 32.6 Å². The van der Waals surface area contributed by atoms with Crippen molar-refractivity contribution in [3.63, 3.8) is 0 Å². The van der Waals surface area contributed by atoms with Crippen molar-refractivity contribution in [3.05, 3.63) is 66.2 Å². The molecule has 1 heterocycles. The van der Waals surface area contributed by atoms with Gasteiger partial charge in [0.2, 0.25) is 5.91 Å². The maximum atomic E-state index is 12.3. The van der Waals surface area contributed by atoms with Gasteiger partial charge < -0.3 is 15.0 Å². The van der Waals surface area contributed by atoms with E-state index in [0.717, 1.165) is 31.7 Å². The average Bonchev–Trinajstić information content (AvgIpc) is 2.77. The van der Waals surface area contributed by atoms with Crippen LogP contribution in [0.2, 0.25) is 0 Å². The Bertz CT molecular complexity index is 715. The molecule has 0 aromatic heterocycles. The standard InChI is InChI=1S/C23H31N3O2/c1-19(25-13-15-26(16-14-25)22-11-7-4-8-12-22)17-24-23(27)20(2)28-18-21-9-5-3-6-10-21/h3-12,19-20H,13-18H2,1-2H3,(H,24,27)/t19-,20+/m0/s1. The van der Waals surface area contributed by atoms with Crippen LogP contribution in [0.5, 0.6) is 0 Å². The molecule has 1 aliphatic heterocycles. The van der Waals surface area contributed by atoms with E-state index in [1.165, 1.54) is 5.69 Å². The summed E-state index contributed by atoms with van der Waals surface area (Å²) < 4.78 is 5.70. The number of hydrogen-bond donors (Lipinski definition) is 1. The SMILES string of the molecule is C[C@@H](OCc1ccccc1)C(=O)NC[C@H](C)N1CCN(c2ccccc2)CC1. The molecule has 0 bridgehead atoms. The zero-order chi connectivity index (χ0) is 19.8. The van der Waals surface area contributed by atoms with E-state index in [9.17, 15) is 4.79 Å². The average molecular weight is 382 g/mol. The van der Waals surface area contributed by atoms with Gasteiger partial charge in [0.15, 0.2) is 0 Å². The van der Waals surface area contributed by atoms with E-state index in [-0.39, 0.29) is 5.91 Å². The summed E-state index contributed by atoms with van der Waals surface area (Å²) in [5.41, 5.74) is 2.36. The van der Waals surface area contributed by atoms with E-state index in [0.29, 0.717) is 19.2 Å². The van der Waals surface area contributed by atoms with Crippen molar-refractivity contribution in [3.8, 4) is 0 Å². The summed E-state index contributed by atoms with van der Waals surface area (Å²) in [6.07, 6.45) is -0.456.